The van der Waals surface area contributed by atoms with Crippen LogP contribution in [-0.2, 0) is 0 Å². The van der Waals surface area contributed by atoms with Gasteiger partial charge in [0, 0.05) is 11.3 Å². The number of halogens is 1. The van der Waals surface area contributed by atoms with Gasteiger partial charge in [0.15, 0.2) is 0 Å². The Kier molecular flexibility index (Phi) is 3.80. The number of aromatic carboxylic acids is 1. The van der Waals surface area contributed by atoms with Crippen LogP contribution in [-0.4, -0.2) is 28.1 Å². The van der Waals surface area contributed by atoms with Crippen molar-refractivity contribution in [2.45, 2.75) is 24.5 Å². The van der Waals surface area contributed by atoms with Crippen LogP contribution in [0.4, 0.5) is 10.1 Å². The number of hydrogen-bond acceptors (Lipinski definition) is 3. The fraction of sp³-hybridized carbons (Fsp3) is 0.462. The van der Waals surface area contributed by atoms with Gasteiger partial charge in [-0.3, -0.25) is 0 Å². The third kappa shape index (κ3) is 2.96. The summed E-state index contributed by atoms with van der Waals surface area (Å²) in [5.74, 6) is -0.473. The van der Waals surface area contributed by atoms with E-state index in [-0.39, 0.29) is 10.3 Å². The first-order valence-electron chi connectivity index (χ1n) is 5.91. The highest BCUT2D eigenvalue weighted by Gasteiger charge is 2.29. The molecule has 1 aliphatic heterocycles. The lowest BCUT2D eigenvalue weighted by Crippen LogP contribution is -2.27. The molecular weight excluding hydrogens is 253 g/mol. The van der Waals surface area contributed by atoms with Crippen molar-refractivity contribution in [1.82, 2.24) is 0 Å². The van der Waals surface area contributed by atoms with Crippen molar-refractivity contribution < 1.29 is 14.3 Å². The first-order valence-corrected chi connectivity index (χ1v) is 6.89. The van der Waals surface area contributed by atoms with E-state index in [1.165, 1.54) is 18.6 Å². The average Bonchev–Trinajstić information content (AvgIpc) is 2.75. The van der Waals surface area contributed by atoms with Gasteiger partial charge in [-0.25, -0.2) is 9.18 Å². The quantitative estimate of drug-likeness (QED) is 0.881. The Morgan fingerprint density at radius 3 is 2.94 bits per heavy atom. The SMILES string of the molecule is CC1(CNc2ccc(C(=O)O)cc2F)CCCS1. The number of benzene rings is 1. The van der Waals surface area contributed by atoms with Crippen LogP contribution in [0.1, 0.15) is 30.1 Å². The predicted octanol–water partition coefficient (Wildman–Crippen LogP) is 3.22. The monoisotopic (exact) mass is 269 g/mol. The van der Waals surface area contributed by atoms with E-state index in [1.54, 1.807) is 0 Å². The maximum atomic E-state index is 13.7. The molecule has 5 heteroatoms. The van der Waals surface area contributed by atoms with Crippen LogP contribution in [0.25, 0.3) is 0 Å². The van der Waals surface area contributed by atoms with E-state index in [4.69, 9.17) is 5.11 Å². The average molecular weight is 269 g/mol. The maximum absolute atomic E-state index is 13.7. The van der Waals surface area contributed by atoms with E-state index < -0.39 is 11.8 Å². The lowest BCUT2D eigenvalue weighted by atomic mass is 10.1. The molecule has 1 heterocycles. The zero-order valence-electron chi connectivity index (χ0n) is 10.2. The lowest BCUT2D eigenvalue weighted by molar-refractivity contribution is 0.0696. The zero-order chi connectivity index (χ0) is 13.2. The van der Waals surface area contributed by atoms with Gasteiger partial charge in [0.05, 0.1) is 11.3 Å². The third-order valence-corrected chi connectivity index (χ3v) is 4.71. The van der Waals surface area contributed by atoms with Crippen LogP contribution >= 0.6 is 11.8 Å². The van der Waals surface area contributed by atoms with Crippen LogP contribution in [0, 0.1) is 5.82 Å². The molecule has 1 saturated heterocycles. The fourth-order valence-electron chi connectivity index (χ4n) is 2.05. The molecule has 2 rings (SSSR count). The van der Waals surface area contributed by atoms with Crippen LogP contribution in [0.3, 0.4) is 0 Å². The van der Waals surface area contributed by atoms with Gasteiger partial charge < -0.3 is 10.4 Å². The van der Waals surface area contributed by atoms with E-state index in [2.05, 4.69) is 12.2 Å². The van der Waals surface area contributed by atoms with E-state index in [9.17, 15) is 9.18 Å². The molecule has 1 atom stereocenters. The summed E-state index contributed by atoms with van der Waals surface area (Å²) >= 11 is 1.90. The molecule has 0 spiro atoms. The first kappa shape index (κ1) is 13.2. The molecule has 3 nitrogen and oxygen atoms in total. The second-order valence-corrected chi connectivity index (χ2v) is 6.44. The summed E-state index contributed by atoms with van der Waals surface area (Å²) in [7, 11) is 0. The van der Waals surface area contributed by atoms with Gasteiger partial charge in [-0.15, -0.1) is 0 Å². The standard InChI is InChI=1S/C13H16FNO2S/c1-13(5-2-6-18-13)8-15-11-4-3-9(12(16)17)7-10(11)14/h3-4,7,15H,2,5-6,8H2,1H3,(H,16,17). The van der Waals surface area contributed by atoms with Crippen LogP contribution < -0.4 is 5.32 Å². The van der Waals surface area contributed by atoms with E-state index in [0.717, 1.165) is 18.2 Å². The first-order chi connectivity index (χ1) is 8.50. The number of anilines is 1. The molecule has 0 saturated carbocycles. The summed E-state index contributed by atoms with van der Waals surface area (Å²) in [6.45, 7) is 2.86. The van der Waals surface area contributed by atoms with Crippen molar-refractivity contribution >= 4 is 23.4 Å². The Balaban J connectivity index is 2.03. The molecule has 1 fully saturated rings. The molecule has 0 bridgehead atoms. The second-order valence-electron chi connectivity index (χ2n) is 4.76. The maximum Gasteiger partial charge on any atom is 0.335 e. The Morgan fingerprint density at radius 2 is 2.39 bits per heavy atom. The predicted molar refractivity (Wildman–Crippen MR) is 71.9 cm³/mol. The van der Waals surface area contributed by atoms with Gasteiger partial charge in [-0.2, -0.15) is 11.8 Å². The summed E-state index contributed by atoms with van der Waals surface area (Å²) in [5.41, 5.74) is 0.341. The van der Waals surface area contributed by atoms with E-state index >= 15 is 0 Å². The molecule has 1 aromatic rings. The largest absolute Gasteiger partial charge is 0.478 e. The van der Waals surface area contributed by atoms with Crippen LogP contribution in [0.5, 0.6) is 0 Å². The number of carbonyl (C=O) groups is 1. The Bertz CT molecular complexity index is 458. The van der Waals surface area contributed by atoms with Crippen molar-refractivity contribution in [2.75, 3.05) is 17.6 Å². The number of nitrogens with one attached hydrogen (secondary N) is 1. The molecule has 1 aromatic carbocycles. The number of carboxylic acids is 1. The molecule has 0 aliphatic carbocycles. The second kappa shape index (κ2) is 5.18. The number of carboxylic acid groups (broad SMARTS) is 1. The van der Waals surface area contributed by atoms with Crippen molar-refractivity contribution in [3.05, 3.63) is 29.6 Å². The molecule has 2 N–H and O–H groups in total. The molecule has 0 amide bonds. The van der Waals surface area contributed by atoms with Crippen molar-refractivity contribution in [3.8, 4) is 0 Å². The van der Waals surface area contributed by atoms with Gasteiger partial charge in [0.25, 0.3) is 0 Å². The minimum Gasteiger partial charge on any atom is -0.478 e. The number of hydrogen-bond donors (Lipinski definition) is 2. The van der Waals surface area contributed by atoms with Gasteiger partial charge in [0.2, 0.25) is 0 Å². The third-order valence-electron chi connectivity index (χ3n) is 3.17. The van der Waals surface area contributed by atoms with Crippen LogP contribution in [0.15, 0.2) is 18.2 Å². The highest BCUT2D eigenvalue weighted by Crippen LogP contribution is 2.37. The Morgan fingerprint density at radius 1 is 1.61 bits per heavy atom. The van der Waals surface area contributed by atoms with Crippen molar-refractivity contribution in [3.63, 3.8) is 0 Å². The molecule has 0 aromatic heterocycles. The lowest BCUT2D eigenvalue weighted by Gasteiger charge is -2.23. The smallest absolute Gasteiger partial charge is 0.335 e. The highest BCUT2D eigenvalue weighted by atomic mass is 32.2. The zero-order valence-corrected chi connectivity index (χ0v) is 11.0. The van der Waals surface area contributed by atoms with Gasteiger partial charge in [0.1, 0.15) is 5.82 Å². The molecule has 98 valence electrons. The topological polar surface area (TPSA) is 49.3 Å². The van der Waals surface area contributed by atoms with Crippen molar-refractivity contribution in [1.29, 1.82) is 0 Å². The molecule has 0 radical (unpaired) electrons. The Labute approximate surface area is 110 Å². The molecule has 18 heavy (non-hydrogen) atoms. The van der Waals surface area contributed by atoms with E-state index in [0.29, 0.717) is 12.2 Å². The highest BCUT2D eigenvalue weighted by molar-refractivity contribution is 8.00. The van der Waals surface area contributed by atoms with Crippen LogP contribution in [0.2, 0.25) is 0 Å². The summed E-state index contributed by atoms with van der Waals surface area (Å²) in [6.07, 6.45) is 2.32. The fourth-order valence-corrected chi connectivity index (χ4v) is 3.29. The van der Waals surface area contributed by atoms with Gasteiger partial charge >= 0.3 is 5.97 Å². The normalized spacial score (nSPS) is 23.0. The van der Waals surface area contributed by atoms with E-state index in [1.807, 2.05) is 11.8 Å². The number of rotatable bonds is 4. The minimum absolute atomic E-state index is 0.0282. The summed E-state index contributed by atoms with van der Waals surface area (Å²) in [6, 6.07) is 3.95. The minimum atomic E-state index is -1.11. The summed E-state index contributed by atoms with van der Waals surface area (Å²) in [4.78, 5) is 10.7. The van der Waals surface area contributed by atoms with Gasteiger partial charge in [-0.05, 0) is 43.7 Å². The summed E-state index contributed by atoms with van der Waals surface area (Å²) < 4.78 is 13.8. The molecule has 1 aliphatic rings. The molecular formula is C13H16FNO2S. The summed E-state index contributed by atoms with van der Waals surface area (Å²) in [5, 5.41) is 11.8. The van der Waals surface area contributed by atoms with Crippen molar-refractivity contribution in [2.24, 2.45) is 0 Å². The van der Waals surface area contributed by atoms with Gasteiger partial charge in [-0.1, -0.05) is 0 Å². The number of thioether (sulfide) groups is 1. The molecule has 1 unspecified atom stereocenters. The Hall–Kier alpha value is -1.23.